The average Bonchev–Trinajstić information content (AvgIpc) is 3.04. The highest BCUT2D eigenvalue weighted by molar-refractivity contribution is 5.85. The Kier molecular flexibility index (Phi) is 6.97. The van der Waals surface area contributed by atoms with E-state index in [1.54, 1.807) is 0 Å². The Morgan fingerprint density at radius 3 is 2.23 bits per heavy atom. The summed E-state index contributed by atoms with van der Waals surface area (Å²) < 4.78 is 6.28. The molecule has 0 aromatic heterocycles. The first-order chi connectivity index (χ1) is 10.2. The molecule has 22 heavy (non-hydrogen) atoms. The maximum Gasteiger partial charge on any atom is 0.227 e. The van der Waals surface area contributed by atoms with Gasteiger partial charge in [0.2, 0.25) is 5.91 Å². The van der Waals surface area contributed by atoms with E-state index in [9.17, 15) is 4.79 Å². The molecular formula is C17H31ClN2O2. The Morgan fingerprint density at radius 2 is 1.64 bits per heavy atom. The van der Waals surface area contributed by atoms with E-state index in [4.69, 9.17) is 4.74 Å². The summed E-state index contributed by atoms with van der Waals surface area (Å²) >= 11 is 0. The van der Waals surface area contributed by atoms with Crippen molar-refractivity contribution < 1.29 is 9.53 Å². The summed E-state index contributed by atoms with van der Waals surface area (Å²) in [4.78, 5) is 14.4. The first kappa shape index (κ1) is 18.0. The highest BCUT2D eigenvalue weighted by Gasteiger charge is 2.31. The van der Waals surface area contributed by atoms with Crippen LogP contribution in [0.2, 0.25) is 0 Å². The number of ether oxygens (including phenoxy) is 1. The molecule has 0 spiro atoms. The van der Waals surface area contributed by atoms with Gasteiger partial charge in [0.1, 0.15) is 0 Å². The summed E-state index contributed by atoms with van der Waals surface area (Å²) in [6.45, 7) is 6.00. The van der Waals surface area contributed by atoms with Gasteiger partial charge in [-0.25, -0.2) is 0 Å². The molecule has 2 aliphatic heterocycles. The van der Waals surface area contributed by atoms with Crippen molar-refractivity contribution in [1.82, 2.24) is 10.2 Å². The number of carbonyl (C=O) groups is 1. The minimum atomic E-state index is 0. The molecule has 1 N–H and O–H groups in total. The fourth-order valence-electron chi connectivity index (χ4n) is 3.97. The van der Waals surface area contributed by atoms with E-state index >= 15 is 0 Å². The Bertz CT molecular complexity index is 345. The molecule has 2 heterocycles. The van der Waals surface area contributed by atoms with Crippen molar-refractivity contribution in [2.75, 3.05) is 26.2 Å². The number of carbonyl (C=O) groups excluding carboxylic acids is 1. The molecule has 1 amide bonds. The van der Waals surface area contributed by atoms with Crippen LogP contribution in [0.1, 0.15) is 51.9 Å². The Morgan fingerprint density at radius 1 is 1.00 bits per heavy atom. The third-order valence-electron chi connectivity index (χ3n) is 5.51. The minimum Gasteiger partial charge on any atom is -0.375 e. The first-order valence-corrected chi connectivity index (χ1v) is 8.87. The van der Waals surface area contributed by atoms with Crippen LogP contribution >= 0.6 is 12.4 Å². The average molecular weight is 331 g/mol. The maximum absolute atomic E-state index is 12.4. The van der Waals surface area contributed by atoms with Crippen LogP contribution in [0, 0.1) is 11.8 Å². The normalized spacial score (nSPS) is 33.5. The molecule has 0 aromatic rings. The van der Waals surface area contributed by atoms with E-state index < -0.39 is 0 Å². The maximum atomic E-state index is 12.4. The van der Waals surface area contributed by atoms with Crippen molar-refractivity contribution in [2.45, 2.75) is 64.1 Å². The van der Waals surface area contributed by atoms with Gasteiger partial charge in [-0.2, -0.15) is 0 Å². The number of rotatable bonds is 3. The molecule has 1 atom stereocenters. The zero-order chi connectivity index (χ0) is 14.7. The van der Waals surface area contributed by atoms with Gasteiger partial charge >= 0.3 is 0 Å². The van der Waals surface area contributed by atoms with Crippen molar-refractivity contribution >= 4 is 18.3 Å². The van der Waals surface area contributed by atoms with E-state index in [1.165, 1.54) is 25.7 Å². The van der Waals surface area contributed by atoms with Crippen molar-refractivity contribution in [1.29, 1.82) is 0 Å². The van der Waals surface area contributed by atoms with Crippen LogP contribution < -0.4 is 5.32 Å². The summed E-state index contributed by atoms with van der Waals surface area (Å²) in [6.07, 6.45) is 9.02. The molecule has 3 aliphatic rings. The van der Waals surface area contributed by atoms with E-state index in [0.717, 1.165) is 51.4 Å². The van der Waals surface area contributed by atoms with Crippen LogP contribution in [-0.4, -0.2) is 49.2 Å². The predicted octanol–water partition coefficient (Wildman–Crippen LogP) is 2.60. The number of nitrogens with one attached hydrogen (secondary N) is 1. The predicted molar refractivity (Wildman–Crippen MR) is 90.3 cm³/mol. The van der Waals surface area contributed by atoms with E-state index in [-0.39, 0.29) is 18.3 Å². The van der Waals surface area contributed by atoms with Gasteiger partial charge in [0.15, 0.2) is 0 Å². The number of nitrogens with zero attached hydrogens (tertiary/aromatic N) is 1. The standard InChI is InChI=1S/C17H30N2O2.ClH/c1-13-2-4-15(5-3-13)21-16-7-10-19(11-8-16)17(20)14-6-9-18-12-14;/h13-16,18H,2-12H2,1H3;1H. The second-order valence-electron chi connectivity index (χ2n) is 7.23. The molecule has 128 valence electrons. The van der Waals surface area contributed by atoms with Gasteiger partial charge in [0.05, 0.1) is 18.1 Å². The molecule has 3 rings (SSSR count). The highest BCUT2D eigenvalue weighted by Crippen LogP contribution is 2.28. The fraction of sp³-hybridized carbons (Fsp3) is 0.941. The smallest absolute Gasteiger partial charge is 0.227 e. The van der Waals surface area contributed by atoms with Crippen molar-refractivity contribution in [3.63, 3.8) is 0 Å². The number of likely N-dealkylation sites (tertiary alicyclic amines) is 1. The SMILES string of the molecule is CC1CCC(OC2CCN(C(=O)C3CCNC3)CC2)CC1.Cl. The van der Waals surface area contributed by atoms with Crippen LogP contribution in [0.3, 0.4) is 0 Å². The Hall–Kier alpha value is -0.320. The molecule has 1 aliphatic carbocycles. The van der Waals surface area contributed by atoms with Gasteiger partial charge < -0.3 is 15.0 Å². The van der Waals surface area contributed by atoms with Crippen LogP contribution in [0.15, 0.2) is 0 Å². The zero-order valence-electron chi connectivity index (χ0n) is 13.8. The van der Waals surface area contributed by atoms with Gasteiger partial charge in [-0.05, 0) is 57.4 Å². The van der Waals surface area contributed by atoms with E-state index in [1.807, 2.05) is 0 Å². The third-order valence-corrected chi connectivity index (χ3v) is 5.51. The first-order valence-electron chi connectivity index (χ1n) is 8.87. The lowest BCUT2D eigenvalue weighted by atomic mass is 9.88. The van der Waals surface area contributed by atoms with E-state index in [2.05, 4.69) is 17.1 Å². The monoisotopic (exact) mass is 330 g/mol. The summed E-state index contributed by atoms with van der Waals surface area (Å²) in [7, 11) is 0. The Labute approximate surface area is 140 Å². The number of halogens is 1. The largest absolute Gasteiger partial charge is 0.375 e. The quantitative estimate of drug-likeness (QED) is 0.865. The lowest BCUT2D eigenvalue weighted by Gasteiger charge is -2.36. The summed E-state index contributed by atoms with van der Waals surface area (Å²) in [5.41, 5.74) is 0. The fourth-order valence-corrected chi connectivity index (χ4v) is 3.97. The number of piperidine rings is 1. The summed E-state index contributed by atoms with van der Waals surface area (Å²) in [5, 5.41) is 3.29. The molecule has 1 unspecified atom stereocenters. The molecule has 2 saturated heterocycles. The van der Waals surface area contributed by atoms with Crippen molar-refractivity contribution in [3.8, 4) is 0 Å². The molecular weight excluding hydrogens is 300 g/mol. The van der Waals surface area contributed by atoms with Gasteiger partial charge in [-0.3, -0.25) is 4.79 Å². The van der Waals surface area contributed by atoms with Gasteiger partial charge in [0.25, 0.3) is 0 Å². The van der Waals surface area contributed by atoms with Gasteiger partial charge in [-0.1, -0.05) is 6.92 Å². The summed E-state index contributed by atoms with van der Waals surface area (Å²) in [5.74, 6) is 1.47. The van der Waals surface area contributed by atoms with Crippen LogP contribution in [0.25, 0.3) is 0 Å². The number of hydrogen-bond donors (Lipinski definition) is 1. The second-order valence-corrected chi connectivity index (χ2v) is 7.23. The number of amides is 1. The molecule has 5 heteroatoms. The molecule has 3 fully saturated rings. The zero-order valence-corrected chi connectivity index (χ0v) is 14.6. The lowest BCUT2D eigenvalue weighted by molar-refractivity contribution is -0.138. The summed E-state index contributed by atoms with van der Waals surface area (Å²) in [6, 6.07) is 0. The van der Waals surface area contributed by atoms with E-state index in [0.29, 0.717) is 18.1 Å². The highest BCUT2D eigenvalue weighted by atomic mass is 35.5. The molecule has 1 saturated carbocycles. The molecule has 0 bridgehead atoms. The number of hydrogen-bond acceptors (Lipinski definition) is 3. The lowest BCUT2D eigenvalue weighted by Crippen LogP contribution is -2.44. The Balaban J connectivity index is 0.00000176. The van der Waals surface area contributed by atoms with Crippen molar-refractivity contribution in [3.05, 3.63) is 0 Å². The van der Waals surface area contributed by atoms with Gasteiger partial charge in [-0.15, -0.1) is 12.4 Å². The molecule has 0 aromatic carbocycles. The molecule has 0 radical (unpaired) electrons. The topological polar surface area (TPSA) is 41.6 Å². The molecule has 4 nitrogen and oxygen atoms in total. The van der Waals surface area contributed by atoms with Crippen LogP contribution in [-0.2, 0) is 9.53 Å². The van der Waals surface area contributed by atoms with Crippen LogP contribution in [0.5, 0.6) is 0 Å². The van der Waals surface area contributed by atoms with Crippen LogP contribution in [0.4, 0.5) is 0 Å². The third kappa shape index (κ3) is 4.59. The van der Waals surface area contributed by atoms with Gasteiger partial charge in [0, 0.05) is 19.6 Å². The second kappa shape index (κ2) is 8.51. The minimum absolute atomic E-state index is 0. The van der Waals surface area contributed by atoms with Crippen molar-refractivity contribution in [2.24, 2.45) is 11.8 Å².